The van der Waals surface area contributed by atoms with Gasteiger partial charge in [0.2, 0.25) is 0 Å². The Morgan fingerprint density at radius 3 is 2.18 bits per heavy atom. The Hall–Kier alpha value is -3.73. The number of nitrogens with zero attached hydrogens (tertiary/aromatic N) is 3. The zero-order valence-corrected chi connectivity index (χ0v) is 15.5. The summed E-state index contributed by atoms with van der Waals surface area (Å²) in [6, 6.07) is 26.9. The van der Waals surface area contributed by atoms with Gasteiger partial charge in [0.25, 0.3) is 5.91 Å². The number of imidazole rings is 1. The number of benzene rings is 3. The van der Waals surface area contributed by atoms with Crippen LogP contribution in [0.1, 0.15) is 21.7 Å². The summed E-state index contributed by atoms with van der Waals surface area (Å²) in [5, 5.41) is 4.44. The summed E-state index contributed by atoms with van der Waals surface area (Å²) >= 11 is 0. The highest BCUT2D eigenvalue weighted by molar-refractivity contribution is 6.03. The van der Waals surface area contributed by atoms with E-state index in [-0.39, 0.29) is 5.91 Å². The van der Waals surface area contributed by atoms with Crippen LogP contribution < -0.4 is 5.43 Å². The number of aromatic nitrogens is 2. The van der Waals surface area contributed by atoms with Crippen LogP contribution in [0.2, 0.25) is 0 Å². The third-order valence-corrected chi connectivity index (χ3v) is 4.64. The molecular weight excluding hydrogens is 348 g/mol. The summed E-state index contributed by atoms with van der Waals surface area (Å²) in [7, 11) is 2.00. The largest absolute Gasteiger partial charge is 0.331 e. The lowest BCUT2D eigenvalue weighted by atomic mass is 10.1. The molecule has 0 aliphatic heterocycles. The third kappa shape index (κ3) is 3.69. The summed E-state index contributed by atoms with van der Waals surface area (Å²) in [6.45, 7) is 0. The molecular formula is C23H20N4O. The van der Waals surface area contributed by atoms with Crippen LogP contribution >= 0.6 is 0 Å². The van der Waals surface area contributed by atoms with Crippen LogP contribution in [0.5, 0.6) is 0 Å². The number of hydrazone groups is 1. The molecule has 1 amide bonds. The number of carbonyl (C=O) groups excluding carboxylic acids is 1. The minimum Gasteiger partial charge on any atom is -0.331 e. The fraction of sp³-hybridized carbons (Fsp3) is 0.0870. The molecule has 0 saturated carbocycles. The van der Waals surface area contributed by atoms with Gasteiger partial charge in [0.05, 0.1) is 23.2 Å². The van der Waals surface area contributed by atoms with Gasteiger partial charge in [-0.15, -0.1) is 0 Å². The molecule has 1 heterocycles. The number of para-hydroxylation sites is 2. The van der Waals surface area contributed by atoms with E-state index in [9.17, 15) is 4.79 Å². The molecule has 5 heteroatoms. The second-order valence-electron chi connectivity index (χ2n) is 6.48. The maximum absolute atomic E-state index is 12.4. The van der Waals surface area contributed by atoms with E-state index >= 15 is 0 Å². The van der Waals surface area contributed by atoms with E-state index in [0.717, 1.165) is 28.1 Å². The average Bonchev–Trinajstić information content (AvgIpc) is 3.07. The number of aryl methyl sites for hydroxylation is 1. The maximum Gasteiger partial charge on any atom is 0.271 e. The minimum atomic E-state index is -0.237. The number of nitrogens with one attached hydrogen (secondary N) is 1. The quantitative estimate of drug-likeness (QED) is 0.428. The molecule has 0 radical (unpaired) electrons. The van der Waals surface area contributed by atoms with E-state index in [2.05, 4.69) is 15.1 Å². The van der Waals surface area contributed by atoms with Gasteiger partial charge < -0.3 is 4.57 Å². The highest BCUT2D eigenvalue weighted by Gasteiger charge is 2.13. The first kappa shape index (κ1) is 17.7. The molecule has 0 aliphatic carbocycles. The first-order chi connectivity index (χ1) is 13.7. The Balaban J connectivity index is 1.66. The fourth-order valence-electron chi connectivity index (χ4n) is 3.11. The molecule has 0 fully saturated rings. The van der Waals surface area contributed by atoms with Crippen LogP contribution in [0.15, 0.2) is 90.0 Å². The second kappa shape index (κ2) is 7.88. The van der Waals surface area contributed by atoms with E-state index in [1.165, 1.54) is 0 Å². The van der Waals surface area contributed by atoms with Crippen molar-refractivity contribution in [2.75, 3.05) is 0 Å². The number of hydrogen-bond donors (Lipinski definition) is 1. The number of amides is 1. The van der Waals surface area contributed by atoms with Crippen molar-refractivity contribution in [3.63, 3.8) is 0 Å². The molecule has 4 rings (SSSR count). The first-order valence-corrected chi connectivity index (χ1v) is 9.10. The number of hydrogen-bond acceptors (Lipinski definition) is 3. The highest BCUT2D eigenvalue weighted by atomic mass is 16.2. The molecule has 3 aromatic carbocycles. The van der Waals surface area contributed by atoms with Crippen LogP contribution in [0.25, 0.3) is 11.0 Å². The molecule has 5 nitrogen and oxygen atoms in total. The normalized spacial score (nSPS) is 11.5. The van der Waals surface area contributed by atoms with Crippen molar-refractivity contribution in [3.05, 3.63) is 102 Å². The lowest BCUT2D eigenvalue weighted by molar-refractivity contribution is 0.0955. The van der Waals surface area contributed by atoms with Crippen LogP contribution in [-0.4, -0.2) is 21.2 Å². The number of fused-ring (bicyclic) bond motifs is 1. The topological polar surface area (TPSA) is 59.3 Å². The molecule has 0 unspecified atom stereocenters. The van der Waals surface area contributed by atoms with Crippen molar-refractivity contribution in [3.8, 4) is 0 Å². The Morgan fingerprint density at radius 1 is 0.893 bits per heavy atom. The zero-order chi connectivity index (χ0) is 19.3. The number of rotatable bonds is 5. The lowest BCUT2D eigenvalue weighted by Gasteiger charge is -2.08. The molecule has 1 N–H and O–H groups in total. The average molecular weight is 368 g/mol. The molecule has 1 aromatic heterocycles. The van der Waals surface area contributed by atoms with Crippen LogP contribution in [0, 0.1) is 0 Å². The summed E-state index contributed by atoms with van der Waals surface area (Å²) in [5.41, 5.74) is 6.97. The summed E-state index contributed by atoms with van der Waals surface area (Å²) in [4.78, 5) is 17.1. The Morgan fingerprint density at radius 2 is 1.50 bits per heavy atom. The van der Waals surface area contributed by atoms with Crippen molar-refractivity contribution < 1.29 is 4.79 Å². The predicted octanol–water partition coefficient (Wildman–Crippen LogP) is 3.95. The molecule has 4 aromatic rings. The molecule has 0 spiro atoms. The molecule has 28 heavy (non-hydrogen) atoms. The number of carbonyl (C=O) groups is 1. The molecule has 138 valence electrons. The minimum absolute atomic E-state index is 0.237. The van der Waals surface area contributed by atoms with Crippen molar-refractivity contribution in [1.29, 1.82) is 0 Å². The van der Waals surface area contributed by atoms with Gasteiger partial charge in [-0.3, -0.25) is 4.79 Å². The highest BCUT2D eigenvalue weighted by Crippen LogP contribution is 2.16. The van der Waals surface area contributed by atoms with E-state index in [1.54, 1.807) is 12.1 Å². The molecule has 0 bridgehead atoms. The van der Waals surface area contributed by atoms with Crippen molar-refractivity contribution >= 4 is 22.7 Å². The maximum atomic E-state index is 12.4. The summed E-state index contributed by atoms with van der Waals surface area (Å²) in [6.07, 6.45) is 0.504. The van der Waals surface area contributed by atoms with Crippen molar-refractivity contribution in [2.24, 2.45) is 12.1 Å². The smallest absolute Gasteiger partial charge is 0.271 e. The van der Waals surface area contributed by atoms with Gasteiger partial charge in [0.1, 0.15) is 5.82 Å². The third-order valence-electron chi connectivity index (χ3n) is 4.64. The van der Waals surface area contributed by atoms with Crippen molar-refractivity contribution in [1.82, 2.24) is 15.0 Å². The van der Waals surface area contributed by atoms with E-state index < -0.39 is 0 Å². The van der Waals surface area contributed by atoms with Gasteiger partial charge in [0.15, 0.2) is 0 Å². The van der Waals surface area contributed by atoms with Crippen LogP contribution in [-0.2, 0) is 13.5 Å². The monoisotopic (exact) mass is 368 g/mol. The summed E-state index contributed by atoms with van der Waals surface area (Å²) in [5.74, 6) is 0.650. The fourth-order valence-corrected chi connectivity index (χ4v) is 3.11. The Kier molecular flexibility index (Phi) is 4.97. The van der Waals surface area contributed by atoms with Crippen LogP contribution in [0.4, 0.5) is 0 Å². The standard InChI is InChI=1S/C23H20N4O/c1-27-21-15-9-8-14-19(21)24-22(27)16-20(17-10-4-2-5-11-17)25-26-23(28)18-12-6-3-7-13-18/h2-15H,16H2,1H3,(H,26,28)/b25-20-. The summed E-state index contributed by atoms with van der Waals surface area (Å²) < 4.78 is 2.06. The zero-order valence-electron chi connectivity index (χ0n) is 15.5. The van der Waals surface area contributed by atoms with Gasteiger partial charge >= 0.3 is 0 Å². The van der Waals surface area contributed by atoms with Gasteiger partial charge in [-0.1, -0.05) is 60.7 Å². The van der Waals surface area contributed by atoms with Gasteiger partial charge in [-0.2, -0.15) is 5.10 Å². The molecule has 0 saturated heterocycles. The SMILES string of the molecule is Cn1c(C/C(=N/NC(=O)c2ccccc2)c2ccccc2)nc2ccccc21. The van der Waals surface area contributed by atoms with E-state index in [4.69, 9.17) is 4.98 Å². The predicted molar refractivity (Wildman–Crippen MR) is 111 cm³/mol. The molecule has 0 aliphatic rings. The van der Waals surface area contributed by atoms with Gasteiger partial charge in [-0.05, 0) is 29.8 Å². The Bertz CT molecular complexity index is 1130. The van der Waals surface area contributed by atoms with Gasteiger partial charge in [-0.25, -0.2) is 10.4 Å². The van der Waals surface area contributed by atoms with Crippen LogP contribution in [0.3, 0.4) is 0 Å². The molecule has 0 atom stereocenters. The lowest BCUT2D eigenvalue weighted by Crippen LogP contribution is -2.21. The Labute approximate surface area is 163 Å². The van der Waals surface area contributed by atoms with E-state index in [1.807, 2.05) is 79.8 Å². The van der Waals surface area contributed by atoms with Gasteiger partial charge in [0, 0.05) is 12.6 Å². The van der Waals surface area contributed by atoms with Crippen molar-refractivity contribution in [2.45, 2.75) is 6.42 Å². The van der Waals surface area contributed by atoms with E-state index in [0.29, 0.717) is 12.0 Å². The second-order valence-corrected chi connectivity index (χ2v) is 6.48. The first-order valence-electron chi connectivity index (χ1n) is 9.10.